The maximum absolute atomic E-state index is 12.2. The second kappa shape index (κ2) is 9.99. The largest absolute Gasteiger partial charge is 0.493 e. The van der Waals surface area contributed by atoms with E-state index in [0.29, 0.717) is 23.8 Å². The van der Waals surface area contributed by atoms with Gasteiger partial charge in [-0.2, -0.15) is 0 Å². The van der Waals surface area contributed by atoms with E-state index in [1.165, 1.54) is 6.08 Å². The molecule has 0 aliphatic carbocycles. The number of anilines is 1. The molecule has 3 rings (SSSR count). The van der Waals surface area contributed by atoms with Gasteiger partial charge in [-0.1, -0.05) is 42.5 Å². The zero-order valence-electron chi connectivity index (χ0n) is 16.4. The average Bonchev–Trinajstić information content (AvgIpc) is 2.77. The maximum Gasteiger partial charge on any atom is 0.248 e. The molecule has 5 nitrogen and oxygen atoms in total. The first-order valence-corrected chi connectivity index (χ1v) is 9.16. The normalized spacial score (nSPS) is 10.6. The van der Waals surface area contributed by atoms with E-state index in [1.807, 2.05) is 54.6 Å². The van der Waals surface area contributed by atoms with Crippen LogP contribution in [0.15, 0.2) is 78.9 Å². The highest BCUT2D eigenvalue weighted by molar-refractivity contribution is 6.02. The average molecular weight is 389 g/mol. The summed E-state index contributed by atoms with van der Waals surface area (Å²) in [6, 6.07) is 22.8. The minimum Gasteiger partial charge on any atom is -0.493 e. The van der Waals surface area contributed by atoms with E-state index in [2.05, 4.69) is 5.32 Å². The lowest BCUT2D eigenvalue weighted by Gasteiger charge is -2.09. The Morgan fingerprint density at radius 2 is 1.62 bits per heavy atom. The molecule has 3 aromatic carbocycles. The van der Waals surface area contributed by atoms with Crippen LogP contribution in [-0.2, 0) is 11.4 Å². The molecule has 0 heterocycles. The zero-order valence-corrected chi connectivity index (χ0v) is 16.4. The van der Waals surface area contributed by atoms with Gasteiger partial charge in [-0.25, -0.2) is 0 Å². The molecule has 0 fully saturated rings. The van der Waals surface area contributed by atoms with Crippen LogP contribution in [-0.4, -0.2) is 20.1 Å². The van der Waals surface area contributed by atoms with E-state index < -0.39 is 0 Å². The highest BCUT2D eigenvalue weighted by atomic mass is 16.5. The molecule has 0 aliphatic heterocycles. The molecular formula is C24H23NO4. The number of methoxy groups -OCH3 is 2. The third-order valence-electron chi connectivity index (χ3n) is 4.21. The number of ether oxygens (including phenoxy) is 3. The predicted molar refractivity (Wildman–Crippen MR) is 114 cm³/mol. The van der Waals surface area contributed by atoms with Crippen LogP contribution in [0.2, 0.25) is 0 Å². The lowest BCUT2D eigenvalue weighted by Crippen LogP contribution is -2.07. The number of rotatable bonds is 8. The van der Waals surface area contributed by atoms with E-state index in [0.717, 1.165) is 16.9 Å². The van der Waals surface area contributed by atoms with Gasteiger partial charge in [0.2, 0.25) is 5.91 Å². The van der Waals surface area contributed by atoms with Gasteiger partial charge in [0.25, 0.3) is 0 Å². The topological polar surface area (TPSA) is 56.8 Å². The maximum atomic E-state index is 12.2. The van der Waals surface area contributed by atoms with Gasteiger partial charge in [0.15, 0.2) is 11.5 Å². The molecule has 0 aliphatic rings. The SMILES string of the molecule is COc1ccc(NC(=O)C=Cc2ccc(OCc3ccccc3)cc2)cc1OC. The van der Waals surface area contributed by atoms with Gasteiger partial charge >= 0.3 is 0 Å². The third kappa shape index (κ3) is 5.87. The zero-order chi connectivity index (χ0) is 20.5. The molecule has 1 amide bonds. The molecule has 0 bridgehead atoms. The first-order chi connectivity index (χ1) is 14.2. The molecule has 0 aromatic heterocycles. The van der Waals surface area contributed by atoms with Gasteiger partial charge in [0.1, 0.15) is 12.4 Å². The molecule has 1 N–H and O–H groups in total. The Bertz CT molecular complexity index is 966. The molecule has 0 atom stereocenters. The highest BCUT2D eigenvalue weighted by Gasteiger charge is 2.06. The second-order valence-electron chi connectivity index (χ2n) is 6.24. The summed E-state index contributed by atoms with van der Waals surface area (Å²) in [7, 11) is 3.12. The quantitative estimate of drug-likeness (QED) is 0.555. The number of carbonyl (C=O) groups is 1. The van der Waals surface area contributed by atoms with E-state index >= 15 is 0 Å². The smallest absolute Gasteiger partial charge is 0.248 e. The van der Waals surface area contributed by atoms with E-state index in [4.69, 9.17) is 14.2 Å². The van der Waals surface area contributed by atoms with Crippen LogP contribution in [0, 0.1) is 0 Å². The molecule has 29 heavy (non-hydrogen) atoms. The Labute approximate surface area is 170 Å². The number of nitrogens with one attached hydrogen (secondary N) is 1. The number of amides is 1. The van der Waals surface area contributed by atoms with Gasteiger partial charge in [-0.3, -0.25) is 4.79 Å². The van der Waals surface area contributed by atoms with Crippen molar-refractivity contribution in [1.29, 1.82) is 0 Å². The van der Waals surface area contributed by atoms with Crippen LogP contribution in [0.3, 0.4) is 0 Å². The summed E-state index contributed by atoms with van der Waals surface area (Å²) in [5, 5.41) is 2.80. The summed E-state index contributed by atoms with van der Waals surface area (Å²) in [6.45, 7) is 0.518. The van der Waals surface area contributed by atoms with Crippen LogP contribution in [0.4, 0.5) is 5.69 Å². The fourth-order valence-corrected chi connectivity index (χ4v) is 2.69. The van der Waals surface area contributed by atoms with Crippen LogP contribution < -0.4 is 19.5 Å². The summed E-state index contributed by atoms with van der Waals surface area (Å²) in [5.74, 6) is 1.71. The molecule has 0 saturated heterocycles. The van der Waals surface area contributed by atoms with Crippen molar-refractivity contribution in [2.75, 3.05) is 19.5 Å². The molecule has 0 unspecified atom stereocenters. The van der Waals surface area contributed by atoms with Crippen LogP contribution in [0.5, 0.6) is 17.2 Å². The highest BCUT2D eigenvalue weighted by Crippen LogP contribution is 2.29. The van der Waals surface area contributed by atoms with Crippen LogP contribution in [0.1, 0.15) is 11.1 Å². The van der Waals surface area contributed by atoms with Gasteiger partial charge < -0.3 is 19.5 Å². The Hall–Kier alpha value is -3.73. The van der Waals surface area contributed by atoms with Gasteiger partial charge in [0.05, 0.1) is 14.2 Å². The fraction of sp³-hybridized carbons (Fsp3) is 0.125. The number of carbonyl (C=O) groups excluding carboxylic acids is 1. The molecule has 0 radical (unpaired) electrons. The van der Waals surface area contributed by atoms with Crippen molar-refractivity contribution in [3.8, 4) is 17.2 Å². The van der Waals surface area contributed by atoms with E-state index in [1.54, 1.807) is 38.5 Å². The third-order valence-corrected chi connectivity index (χ3v) is 4.21. The number of hydrogen-bond donors (Lipinski definition) is 1. The van der Waals surface area contributed by atoms with Gasteiger partial charge in [-0.05, 0) is 41.5 Å². The molecule has 148 valence electrons. The molecule has 0 spiro atoms. The van der Waals surface area contributed by atoms with Gasteiger partial charge in [-0.15, -0.1) is 0 Å². The number of benzene rings is 3. The van der Waals surface area contributed by atoms with Crippen LogP contribution >= 0.6 is 0 Å². The Morgan fingerprint density at radius 1 is 0.897 bits per heavy atom. The van der Waals surface area contributed by atoms with Crippen molar-refractivity contribution in [2.24, 2.45) is 0 Å². The first-order valence-electron chi connectivity index (χ1n) is 9.16. The summed E-state index contributed by atoms with van der Waals surface area (Å²) in [6.07, 6.45) is 3.23. The minimum absolute atomic E-state index is 0.235. The minimum atomic E-state index is -0.235. The summed E-state index contributed by atoms with van der Waals surface area (Å²) >= 11 is 0. The van der Waals surface area contributed by atoms with E-state index in [9.17, 15) is 4.79 Å². The van der Waals surface area contributed by atoms with Crippen molar-refractivity contribution in [2.45, 2.75) is 6.61 Å². The standard InChI is InChI=1S/C24H23NO4/c1-27-22-14-11-20(16-23(22)28-2)25-24(26)15-10-18-8-12-21(13-9-18)29-17-19-6-4-3-5-7-19/h3-16H,17H2,1-2H3,(H,25,26). The van der Waals surface area contributed by atoms with Crippen molar-refractivity contribution in [3.05, 3.63) is 90.0 Å². The summed E-state index contributed by atoms with van der Waals surface area (Å²) < 4.78 is 16.2. The van der Waals surface area contributed by atoms with E-state index in [-0.39, 0.29) is 5.91 Å². The monoisotopic (exact) mass is 389 g/mol. The van der Waals surface area contributed by atoms with Crippen LogP contribution in [0.25, 0.3) is 6.08 Å². The molecule has 3 aromatic rings. The molecule has 5 heteroatoms. The van der Waals surface area contributed by atoms with Crippen molar-refractivity contribution < 1.29 is 19.0 Å². The Balaban J connectivity index is 1.54. The predicted octanol–water partition coefficient (Wildman–Crippen LogP) is 4.93. The first kappa shape index (κ1) is 20.0. The summed E-state index contributed by atoms with van der Waals surface area (Å²) in [4.78, 5) is 12.2. The van der Waals surface area contributed by atoms with Crippen molar-refractivity contribution in [3.63, 3.8) is 0 Å². The number of hydrogen-bond acceptors (Lipinski definition) is 4. The lowest BCUT2D eigenvalue weighted by molar-refractivity contribution is -0.111. The van der Waals surface area contributed by atoms with Crippen molar-refractivity contribution >= 4 is 17.7 Å². The second-order valence-corrected chi connectivity index (χ2v) is 6.24. The Kier molecular flexibility index (Phi) is 6.90. The fourth-order valence-electron chi connectivity index (χ4n) is 2.69. The summed E-state index contributed by atoms with van der Waals surface area (Å²) in [5.41, 5.74) is 2.64. The van der Waals surface area contributed by atoms with Crippen molar-refractivity contribution in [1.82, 2.24) is 0 Å². The van der Waals surface area contributed by atoms with Gasteiger partial charge in [0, 0.05) is 17.8 Å². The lowest BCUT2D eigenvalue weighted by atomic mass is 10.2. The Morgan fingerprint density at radius 3 is 2.31 bits per heavy atom. The molecular weight excluding hydrogens is 366 g/mol. The molecule has 0 saturated carbocycles.